The lowest BCUT2D eigenvalue weighted by Crippen LogP contribution is -2.14. The highest BCUT2D eigenvalue weighted by Crippen LogP contribution is 2.42. The van der Waals surface area contributed by atoms with Gasteiger partial charge < -0.3 is 19.7 Å². The molecule has 6 heteroatoms. The standard InChI is InChI=1S/C12H15BrO5/c1-4-6-7(9(14)12(15)16)5-8(13)11(18-3)10(6)17-2/h5,9,14H,4H2,1-3H3,(H,15,16). The Morgan fingerprint density at radius 3 is 2.33 bits per heavy atom. The largest absolute Gasteiger partial charge is 0.493 e. The number of rotatable bonds is 5. The third-order valence-corrected chi connectivity index (χ3v) is 3.21. The third kappa shape index (κ3) is 2.59. The molecule has 0 saturated heterocycles. The van der Waals surface area contributed by atoms with Gasteiger partial charge in [0, 0.05) is 5.56 Å². The first kappa shape index (κ1) is 14.8. The van der Waals surface area contributed by atoms with Crippen molar-refractivity contribution in [1.82, 2.24) is 0 Å². The molecule has 2 N–H and O–H groups in total. The van der Waals surface area contributed by atoms with Gasteiger partial charge >= 0.3 is 5.97 Å². The summed E-state index contributed by atoms with van der Waals surface area (Å²) in [7, 11) is 2.97. The molecule has 0 radical (unpaired) electrons. The first-order valence-corrected chi connectivity index (χ1v) is 6.11. The average molecular weight is 319 g/mol. The Bertz CT molecular complexity index is 458. The summed E-state index contributed by atoms with van der Waals surface area (Å²) in [5, 5.41) is 18.6. The van der Waals surface area contributed by atoms with Crippen LogP contribution in [0.3, 0.4) is 0 Å². The Morgan fingerprint density at radius 2 is 1.94 bits per heavy atom. The number of ether oxygens (including phenoxy) is 2. The van der Waals surface area contributed by atoms with Gasteiger partial charge in [-0.05, 0) is 34.0 Å². The summed E-state index contributed by atoms with van der Waals surface area (Å²) in [6.07, 6.45) is -1.07. The minimum Gasteiger partial charge on any atom is -0.493 e. The van der Waals surface area contributed by atoms with E-state index in [1.165, 1.54) is 14.2 Å². The monoisotopic (exact) mass is 318 g/mol. The Hall–Kier alpha value is -1.27. The lowest BCUT2D eigenvalue weighted by atomic mass is 9.98. The van der Waals surface area contributed by atoms with Crippen molar-refractivity contribution in [3.63, 3.8) is 0 Å². The van der Waals surface area contributed by atoms with Crippen LogP contribution in [0.5, 0.6) is 11.5 Å². The zero-order valence-corrected chi connectivity index (χ0v) is 11.9. The molecule has 1 aromatic carbocycles. The fraction of sp³-hybridized carbons (Fsp3) is 0.417. The molecule has 1 aromatic rings. The van der Waals surface area contributed by atoms with Gasteiger partial charge in [0.05, 0.1) is 18.7 Å². The van der Waals surface area contributed by atoms with Crippen LogP contribution in [0.2, 0.25) is 0 Å². The molecule has 0 spiro atoms. The van der Waals surface area contributed by atoms with E-state index in [1.54, 1.807) is 6.07 Å². The van der Waals surface area contributed by atoms with E-state index in [0.717, 1.165) is 0 Å². The van der Waals surface area contributed by atoms with Crippen molar-refractivity contribution in [3.05, 3.63) is 21.7 Å². The van der Waals surface area contributed by atoms with Crippen molar-refractivity contribution in [2.24, 2.45) is 0 Å². The van der Waals surface area contributed by atoms with Crippen molar-refractivity contribution in [3.8, 4) is 11.5 Å². The third-order valence-electron chi connectivity index (χ3n) is 2.62. The predicted molar refractivity (Wildman–Crippen MR) is 69.2 cm³/mol. The summed E-state index contributed by atoms with van der Waals surface area (Å²) in [5.41, 5.74) is 0.918. The Balaban J connectivity index is 3.53. The molecule has 0 aliphatic carbocycles. The maximum Gasteiger partial charge on any atom is 0.337 e. The zero-order chi connectivity index (χ0) is 13.9. The molecule has 1 rings (SSSR count). The highest BCUT2D eigenvalue weighted by atomic mass is 79.9. The molecule has 0 heterocycles. The van der Waals surface area contributed by atoms with Crippen LogP contribution in [0.1, 0.15) is 24.2 Å². The zero-order valence-electron chi connectivity index (χ0n) is 10.4. The maximum atomic E-state index is 10.9. The normalized spacial score (nSPS) is 12.1. The van der Waals surface area contributed by atoms with Gasteiger partial charge in [0.2, 0.25) is 0 Å². The number of carboxylic acid groups (broad SMARTS) is 1. The minimum absolute atomic E-state index is 0.300. The van der Waals surface area contributed by atoms with Crippen LogP contribution in [0.25, 0.3) is 0 Å². The number of aliphatic hydroxyl groups excluding tert-OH is 1. The molecule has 1 unspecified atom stereocenters. The quantitative estimate of drug-likeness (QED) is 0.870. The summed E-state index contributed by atoms with van der Waals surface area (Å²) in [6.45, 7) is 1.85. The van der Waals surface area contributed by atoms with E-state index in [-0.39, 0.29) is 0 Å². The van der Waals surface area contributed by atoms with Gasteiger partial charge in [-0.3, -0.25) is 0 Å². The Morgan fingerprint density at radius 1 is 1.39 bits per heavy atom. The van der Waals surface area contributed by atoms with Gasteiger partial charge in [-0.25, -0.2) is 4.79 Å². The van der Waals surface area contributed by atoms with Crippen LogP contribution >= 0.6 is 15.9 Å². The van der Waals surface area contributed by atoms with Crippen LogP contribution in [0, 0.1) is 0 Å². The van der Waals surface area contributed by atoms with Gasteiger partial charge in [0.1, 0.15) is 0 Å². The molecule has 0 aliphatic heterocycles. The molecular weight excluding hydrogens is 304 g/mol. The predicted octanol–water partition coefficient (Wildman–Crippen LogP) is 2.15. The number of halogens is 1. The summed E-state index contributed by atoms with van der Waals surface area (Å²) in [6, 6.07) is 1.54. The number of methoxy groups -OCH3 is 2. The van der Waals surface area contributed by atoms with Gasteiger partial charge in [-0.2, -0.15) is 0 Å². The fourth-order valence-corrected chi connectivity index (χ4v) is 2.40. The van der Waals surface area contributed by atoms with Crippen LogP contribution < -0.4 is 9.47 Å². The number of aliphatic hydroxyl groups is 1. The Kier molecular flexibility index (Phi) is 4.98. The second-order valence-electron chi connectivity index (χ2n) is 3.59. The fourth-order valence-electron chi connectivity index (χ4n) is 1.81. The van der Waals surface area contributed by atoms with E-state index < -0.39 is 12.1 Å². The number of carboxylic acids is 1. The van der Waals surface area contributed by atoms with Crippen molar-refractivity contribution >= 4 is 21.9 Å². The molecule has 100 valence electrons. The molecule has 0 fully saturated rings. The molecule has 5 nitrogen and oxygen atoms in total. The topological polar surface area (TPSA) is 76.0 Å². The van der Waals surface area contributed by atoms with E-state index in [2.05, 4.69) is 15.9 Å². The smallest absolute Gasteiger partial charge is 0.337 e. The van der Waals surface area contributed by atoms with E-state index in [0.29, 0.717) is 33.5 Å². The molecule has 0 saturated carbocycles. The summed E-state index contributed by atoms with van der Waals surface area (Å²) in [4.78, 5) is 10.9. The molecule has 0 amide bonds. The molecule has 0 bridgehead atoms. The molecule has 18 heavy (non-hydrogen) atoms. The van der Waals surface area contributed by atoms with Crippen molar-refractivity contribution in [2.45, 2.75) is 19.4 Å². The summed E-state index contributed by atoms with van der Waals surface area (Å²) in [5.74, 6) is -0.385. The highest BCUT2D eigenvalue weighted by Gasteiger charge is 2.25. The lowest BCUT2D eigenvalue weighted by Gasteiger charge is -2.19. The Labute approximate surface area is 113 Å². The SMILES string of the molecule is CCc1c(C(O)C(=O)O)cc(Br)c(OC)c1OC. The first-order valence-electron chi connectivity index (χ1n) is 5.32. The molecule has 0 aromatic heterocycles. The van der Waals surface area contributed by atoms with Crippen molar-refractivity contribution < 1.29 is 24.5 Å². The van der Waals surface area contributed by atoms with Crippen LogP contribution in [0.4, 0.5) is 0 Å². The van der Waals surface area contributed by atoms with Crippen LogP contribution in [-0.4, -0.2) is 30.4 Å². The van der Waals surface area contributed by atoms with Gasteiger partial charge in [-0.1, -0.05) is 6.92 Å². The van der Waals surface area contributed by atoms with Crippen molar-refractivity contribution in [2.75, 3.05) is 14.2 Å². The second-order valence-corrected chi connectivity index (χ2v) is 4.44. The molecule has 1 atom stereocenters. The van der Waals surface area contributed by atoms with Gasteiger partial charge in [0.15, 0.2) is 17.6 Å². The summed E-state index contributed by atoms with van der Waals surface area (Å²) < 4.78 is 11.0. The number of aliphatic carboxylic acids is 1. The minimum atomic E-state index is -1.59. The number of hydrogen-bond acceptors (Lipinski definition) is 4. The number of hydrogen-bond donors (Lipinski definition) is 2. The van der Waals surface area contributed by atoms with Gasteiger partial charge in [-0.15, -0.1) is 0 Å². The first-order chi connectivity index (χ1) is 8.47. The van der Waals surface area contributed by atoms with E-state index in [1.807, 2.05) is 6.92 Å². The average Bonchev–Trinajstić information content (AvgIpc) is 2.35. The second kappa shape index (κ2) is 6.06. The molecule has 0 aliphatic rings. The lowest BCUT2D eigenvalue weighted by molar-refractivity contribution is -0.147. The van der Waals surface area contributed by atoms with Gasteiger partial charge in [0.25, 0.3) is 0 Å². The number of benzene rings is 1. The number of carbonyl (C=O) groups is 1. The van der Waals surface area contributed by atoms with E-state index >= 15 is 0 Å². The van der Waals surface area contributed by atoms with Crippen LogP contribution in [0.15, 0.2) is 10.5 Å². The summed E-state index contributed by atoms with van der Waals surface area (Å²) >= 11 is 3.27. The van der Waals surface area contributed by atoms with E-state index in [9.17, 15) is 9.90 Å². The van der Waals surface area contributed by atoms with Crippen LogP contribution in [-0.2, 0) is 11.2 Å². The van der Waals surface area contributed by atoms with Crippen molar-refractivity contribution in [1.29, 1.82) is 0 Å². The highest BCUT2D eigenvalue weighted by molar-refractivity contribution is 9.10. The maximum absolute atomic E-state index is 10.9. The van der Waals surface area contributed by atoms with E-state index in [4.69, 9.17) is 14.6 Å². The molecular formula is C12H15BrO5.